The Labute approximate surface area is 95.1 Å². The molecule has 7 heteroatoms. The highest BCUT2D eigenvalue weighted by atomic mass is 32.1. The Bertz CT molecular complexity index is 418. The Morgan fingerprint density at radius 1 is 1.73 bits per heavy atom. The summed E-state index contributed by atoms with van der Waals surface area (Å²) < 4.78 is 0. The van der Waals surface area contributed by atoms with E-state index in [0.717, 1.165) is 11.3 Å². The van der Waals surface area contributed by atoms with E-state index in [2.05, 4.69) is 17.6 Å². The van der Waals surface area contributed by atoms with Crippen LogP contribution in [-0.4, -0.2) is 33.8 Å². The molecule has 15 heavy (non-hydrogen) atoms. The van der Waals surface area contributed by atoms with Gasteiger partial charge in [0.25, 0.3) is 0 Å². The van der Waals surface area contributed by atoms with Gasteiger partial charge in [0.15, 0.2) is 10.8 Å². The van der Waals surface area contributed by atoms with E-state index in [9.17, 15) is 9.59 Å². The zero-order valence-corrected chi connectivity index (χ0v) is 9.29. The fourth-order valence-corrected chi connectivity index (χ4v) is 2.50. The summed E-state index contributed by atoms with van der Waals surface area (Å²) in [6, 6.07) is 0. The number of amides is 1. The predicted molar refractivity (Wildman–Crippen MR) is 58.8 cm³/mol. The molecule has 1 aliphatic heterocycles. The Morgan fingerprint density at radius 3 is 2.93 bits per heavy atom. The standard InChI is InChI=1S/C8H8N2O3S2/c11-6-1-4(14)2-10(6)8-9-5(3-15-8)7(12)13/h3-4,14H,1-2H2,(H,12,13). The molecule has 1 fully saturated rings. The number of thiol groups is 1. The zero-order chi connectivity index (χ0) is 11.0. The molecule has 1 aromatic rings. The smallest absolute Gasteiger partial charge is 0.355 e. The average Bonchev–Trinajstić information content (AvgIpc) is 2.71. The summed E-state index contributed by atoms with van der Waals surface area (Å²) in [6.07, 6.45) is 0.380. The van der Waals surface area contributed by atoms with Crippen molar-refractivity contribution >= 4 is 41.0 Å². The van der Waals surface area contributed by atoms with Crippen molar-refractivity contribution in [2.24, 2.45) is 0 Å². The average molecular weight is 244 g/mol. The van der Waals surface area contributed by atoms with E-state index in [1.54, 1.807) is 0 Å². The van der Waals surface area contributed by atoms with E-state index in [4.69, 9.17) is 5.11 Å². The number of thiazole rings is 1. The van der Waals surface area contributed by atoms with Crippen molar-refractivity contribution in [3.8, 4) is 0 Å². The number of carboxylic acids is 1. The summed E-state index contributed by atoms with van der Waals surface area (Å²) in [6.45, 7) is 0.495. The van der Waals surface area contributed by atoms with Crippen molar-refractivity contribution in [3.05, 3.63) is 11.1 Å². The molecule has 0 saturated carbocycles. The van der Waals surface area contributed by atoms with Gasteiger partial charge in [-0.2, -0.15) is 12.6 Å². The fourth-order valence-electron chi connectivity index (χ4n) is 1.36. The van der Waals surface area contributed by atoms with E-state index in [-0.39, 0.29) is 16.9 Å². The number of carboxylic acid groups (broad SMARTS) is 1. The Morgan fingerprint density at radius 2 is 2.47 bits per heavy atom. The first kappa shape index (κ1) is 10.4. The van der Waals surface area contributed by atoms with Crippen LogP contribution < -0.4 is 4.90 Å². The van der Waals surface area contributed by atoms with E-state index >= 15 is 0 Å². The summed E-state index contributed by atoms with van der Waals surface area (Å²) in [5.41, 5.74) is -0.0228. The van der Waals surface area contributed by atoms with Crippen LogP contribution >= 0.6 is 24.0 Å². The molecule has 0 aromatic carbocycles. The second-order valence-corrected chi connectivity index (χ2v) is 4.75. The molecule has 0 bridgehead atoms. The van der Waals surface area contributed by atoms with Crippen LogP contribution in [0.1, 0.15) is 16.9 Å². The third-order valence-corrected chi connectivity index (χ3v) is 3.26. The monoisotopic (exact) mass is 244 g/mol. The number of aromatic nitrogens is 1. The normalized spacial score (nSPS) is 21.0. The first-order valence-corrected chi connectivity index (χ1v) is 5.65. The fraction of sp³-hybridized carbons (Fsp3) is 0.375. The van der Waals surface area contributed by atoms with E-state index < -0.39 is 5.97 Å². The van der Waals surface area contributed by atoms with Crippen molar-refractivity contribution in [3.63, 3.8) is 0 Å². The van der Waals surface area contributed by atoms with Crippen LogP contribution in [0.5, 0.6) is 0 Å². The van der Waals surface area contributed by atoms with Gasteiger partial charge in [-0.1, -0.05) is 0 Å². The van der Waals surface area contributed by atoms with Gasteiger partial charge in [-0.3, -0.25) is 9.69 Å². The Hall–Kier alpha value is -1.08. The molecule has 2 heterocycles. The summed E-state index contributed by atoms with van der Waals surface area (Å²) in [5, 5.41) is 10.6. The number of rotatable bonds is 2. The highest BCUT2D eigenvalue weighted by Crippen LogP contribution is 2.27. The van der Waals surface area contributed by atoms with Crippen LogP contribution in [0.3, 0.4) is 0 Å². The van der Waals surface area contributed by atoms with Crippen molar-refractivity contribution in [2.75, 3.05) is 11.4 Å². The molecule has 1 aromatic heterocycles. The maximum Gasteiger partial charge on any atom is 0.355 e. The molecule has 1 unspecified atom stereocenters. The van der Waals surface area contributed by atoms with Crippen LogP contribution in [0.25, 0.3) is 0 Å². The molecular weight excluding hydrogens is 236 g/mol. The summed E-state index contributed by atoms with van der Waals surface area (Å²) >= 11 is 5.37. The van der Waals surface area contributed by atoms with Crippen LogP contribution in [0.15, 0.2) is 5.38 Å². The lowest BCUT2D eigenvalue weighted by atomic mass is 10.4. The van der Waals surface area contributed by atoms with Gasteiger partial charge in [0.05, 0.1) is 0 Å². The molecular formula is C8H8N2O3S2. The zero-order valence-electron chi connectivity index (χ0n) is 7.58. The molecule has 5 nitrogen and oxygen atoms in total. The molecule has 0 radical (unpaired) electrons. The first-order chi connectivity index (χ1) is 7.08. The second kappa shape index (κ2) is 3.82. The van der Waals surface area contributed by atoms with Crippen LogP contribution in [0.4, 0.5) is 5.13 Å². The SMILES string of the molecule is O=C(O)c1csc(N2CC(S)CC2=O)n1. The highest BCUT2D eigenvalue weighted by molar-refractivity contribution is 7.81. The first-order valence-electron chi connectivity index (χ1n) is 4.25. The van der Waals surface area contributed by atoms with Gasteiger partial charge < -0.3 is 5.11 Å². The molecule has 80 valence electrons. The number of carbonyl (C=O) groups is 2. The van der Waals surface area contributed by atoms with Gasteiger partial charge >= 0.3 is 5.97 Å². The summed E-state index contributed by atoms with van der Waals surface area (Å²) in [7, 11) is 0. The van der Waals surface area contributed by atoms with Crippen LogP contribution in [0, 0.1) is 0 Å². The maximum atomic E-state index is 11.5. The largest absolute Gasteiger partial charge is 0.476 e. The van der Waals surface area contributed by atoms with Crippen LogP contribution in [-0.2, 0) is 4.79 Å². The van der Waals surface area contributed by atoms with Crippen LogP contribution in [0.2, 0.25) is 0 Å². The van der Waals surface area contributed by atoms with Crippen molar-refractivity contribution in [1.29, 1.82) is 0 Å². The third-order valence-electron chi connectivity index (χ3n) is 2.05. The predicted octanol–water partition coefficient (Wildman–Crippen LogP) is 0.876. The summed E-state index contributed by atoms with van der Waals surface area (Å²) in [4.78, 5) is 27.4. The molecule has 1 aliphatic rings. The van der Waals surface area contributed by atoms with Gasteiger partial charge in [0.2, 0.25) is 5.91 Å². The van der Waals surface area contributed by atoms with E-state index in [0.29, 0.717) is 18.1 Å². The quantitative estimate of drug-likeness (QED) is 0.757. The molecule has 1 amide bonds. The maximum absolute atomic E-state index is 11.5. The van der Waals surface area contributed by atoms with Gasteiger partial charge in [0, 0.05) is 23.6 Å². The molecule has 2 rings (SSSR count). The minimum absolute atomic E-state index is 0.00896. The molecule has 1 atom stereocenters. The van der Waals surface area contributed by atoms with Gasteiger partial charge in [-0.25, -0.2) is 9.78 Å². The Kier molecular flexibility index (Phi) is 2.66. The number of hydrogen-bond acceptors (Lipinski definition) is 5. The molecule has 1 saturated heterocycles. The van der Waals surface area contributed by atoms with Gasteiger partial charge in [-0.05, 0) is 0 Å². The lowest BCUT2D eigenvalue weighted by molar-refractivity contribution is -0.117. The Balaban J connectivity index is 2.23. The summed E-state index contributed by atoms with van der Waals surface area (Å²) in [5.74, 6) is -1.13. The van der Waals surface area contributed by atoms with Crippen molar-refractivity contribution < 1.29 is 14.7 Å². The third kappa shape index (κ3) is 1.98. The molecule has 0 spiro atoms. The van der Waals surface area contributed by atoms with E-state index in [1.807, 2.05) is 0 Å². The molecule has 1 N–H and O–H groups in total. The van der Waals surface area contributed by atoms with Gasteiger partial charge in [0.1, 0.15) is 0 Å². The minimum Gasteiger partial charge on any atom is -0.476 e. The number of carbonyl (C=O) groups excluding carboxylic acids is 1. The van der Waals surface area contributed by atoms with Gasteiger partial charge in [-0.15, -0.1) is 11.3 Å². The lowest BCUT2D eigenvalue weighted by Gasteiger charge is -2.10. The number of anilines is 1. The minimum atomic E-state index is -1.08. The van der Waals surface area contributed by atoms with Crippen molar-refractivity contribution in [1.82, 2.24) is 4.98 Å². The van der Waals surface area contributed by atoms with E-state index in [1.165, 1.54) is 10.3 Å². The highest BCUT2D eigenvalue weighted by Gasteiger charge is 2.30. The topological polar surface area (TPSA) is 70.5 Å². The molecule has 0 aliphatic carbocycles. The number of nitrogens with zero attached hydrogens (tertiary/aromatic N) is 2. The lowest BCUT2D eigenvalue weighted by Crippen LogP contribution is -2.24. The number of hydrogen-bond donors (Lipinski definition) is 2. The van der Waals surface area contributed by atoms with Crippen molar-refractivity contribution in [2.45, 2.75) is 11.7 Å². The second-order valence-electron chi connectivity index (χ2n) is 3.18. The number of aromatic carboxylic acids is 1.